The van der Waals surface area contributed by atoms with E-state index in [1.165, 1.54) is 12.0 Å². The van der Waals surface area contributed by atoms with Crippen molar-refractivity contribution in [2.75, 3.05) is 20.8 Å². The van der Waals surface area contributed by atoms with Crippen LogP contribution in [0.3, 0.4) is 0 Å². The first-order chi connectivity index (χ1) is 10.7. The molecule has 1 aromatic carbocycles. The number of carbonyl (C=O) groups excluding carboxylic acids is 1. The topological polar surface area (TPSA) is 38.8 Å². The Morgan fingerprint density at radius 1 is 1.27 bits per heavy atom. The molecule has 0 N–H and O–H groups in total. The van der Waals surface area contributed by atoms with E-state index in [9.17, 15) is 4.79 Å². The standard InChI is InChI=1S/C18H25NO3/c1-4-22-18(20)17-15(11-13-7-10-16(17)19(13)2)12-5-8-14(21-3)9-6-12/h5-6,8-9,13,15-17H,4,7,10-11H2,1-3H3/t13-,15+,16+,17-/m0/s1. The highest BCUT2D eigenvalue weighted by Crippen LogP contribution is 2.46. The van der Waals surface area contributed by atoms with Gasteiger partial charge in [-0.1, -0.05) is 12.1 Å². The molecule has 0 radical (unpaired) electrons. The van der Waals surface area contributed by atoms with Gasteiger partial charge in [-0.15, -0.1) is 0 Å². The van der Waals surface area contributed by atoms with E-state index in [0.29, 0.717) is 18.7 Å². The highest BCUT2D eigenvalue weighted by molar-refractivity contribution is 5.75. The van der Waals surface area contributed by atoms with Gasteiger partial charge >= 0.3 is 5.97 Å². The van der Waals surface area contributed by atoms with E-state index >= 15 is 0 Å². The van der Waals surface area contributed by atoms with Gasteiger partial charge in [-0.25, -0.2) is 0 Å². The molecule has 0 spiro atoms. The van der Waals surface area contributed by atoms with Crippen LogP contribution in [0.25, 0.3) is 0 Å². The third-order valence-electron chi connectivity index (χ3n) is 5.37. The second kappa shape index (κ2) is 6.29. The molecular formula is C18H25NO3. The van der Waals surface area contributed by atoms with Crippen molar-refractivity contribution in [3.63, 3.8) is 0 Å². The fourth-order valence-corrected chi connectivity index (χ4v) is 4.22. The molecule has 0 aliphatic carbocycles. The molecular weight excluding hydrogens is 278 g/mol. The van der Waals surface area contributed by atoms with Crippen molar-refractivity contribution in [3.8, 4) is 5.75 Å². The largest absolute Gasteiger partial charge is 0.497 e. The van der Waals surface area contributed by atoms with Gasteiger partial charge in [0.05, 0.1) is 19.6 Å². The van der Waals surface area contributed by atoms with E-state index in [4.69, 9.17) is 9.47 Å². The van der Waals surface area contributed by atoms with Crippen molar-refractivity contribution in [2.24, 2.45) is 5.92 Å². The summed E-state index contributed by atoms with van der Waals surface area (Å²) >= 11 is 0. The average molecular weight is 303 g/mol. The van der Waals surface area contributed by atoms with Crippen LogP contribution in [0.15, 0.2) is 24.3 Å². The van der Waals surface area contributed by atoms with Crippen LogP contribution < -0.4 is 4.74 Å². The average Bonchev–Trinajstić information content (AvgIpc) is 2.77. The van der Waals surface area contributed by atoms with E-state index in [0.717, 1.165) is 18.6 Å². The van der Waals surface area contributed by atoms with Crippen LogP contribution in [0, 0.1) is 5.92 Å². The molecule has 2 aliphatic rings. The molecule has 2 bridgehead atoms. The fraction of sp³-hybridized carbons (Fsp3) is 0.611. The van der Waals surface area contributed by atoms with Crippen LogP contribution in [-0.4, -0.2) is 43.7 Å². The molecule has 0 unspecified atom stereocenters. The minimum atomic E-state index is -0.0582. The van der Waals surface area contributed by atoms with Crippen LogP contribution in [-0.2, 0) is 9.53 Å². The molecule has 0 aromatic heterocycles. The van der Waals surface area contributed by atoms with Crippen LogP contribution in [0.5, 0.6) is 5.75 Å². The number of carbonyl (C=O) groups is 1. The molecule has 2 heterocycles. The number of piperidine rings is 1. The highest BCUT2D eigenvalue weighted by Gasteiger charge is 2.49. The van der Waals surface area contributed by atoms with Gasteiger partial charge in [0, 0.05) is 18.0 Å². The molecule has 4 heteroatoms. The SMILES string of the molecule is CCOC(=O)[C@H]1[C@@H](c2ccc(OC)cc2)C[C@@H]2CC[C@H]1N2C. The zero-order chi connectivity index (χ0) is 15.7. The number of rotatable bonds is 4. The van der Waals surface area contributed by atoms with Crippen LogP contribution in [0.1, 0.15) is 37.7 Å². The molecule has 0 amide bonds. The monoisotopic (exact) mass is 303 g/mol. The lowest BCUT2D eigenvalue weighted by Crippen LogP contribution is -2.49. The van der Waals surface area contributed by atoms with Gasteiger partial charge < -0.3 is 9.47 Å². The summed E-state index contributed by atoms with van der Waals surface area (Å²) in [6, 6.07) is 9.06. The maximum Gasteiger partial charge on any atom is 0.311 e. The number of hydrogen-bond donors (Lipinski definition) is 0. The second-order valence-corrected chi connectivity index (χ2v) is 6.36. The smallest absolute Gasteiger partial charge is 0.311 e. The predicted octanol–water partition coefficient (Wildman–Crippen LogP) is 2.82. The Bertz CT molecular complexity index is 528. The quantitative estimate of drug-likeness (QED) is 0.802. The number of hydrogen-bond acceptors (Lipinski definition) is 4. The maximum absolute atomic E-state index is 12.6. The van der Waals surface area contributed by atoms with E-state index in [1.807, 2.05) is 19.1 Å². The summed E-state index contributed by atoms with van der Waals surface area (Å²) in [5, 5.41) is 0. The van der Waals surface area contributed by atoms with Crippen LogP contribution in [0.2, 0.25) is 0 Å². The summed E-state index contributed by atoms with van der Waals surface area (Å²) in [6.45, 7) is 2.33. The number of methoxy groups -OCH3 is 1. The van der Waals surface area contributed by atoms with Crippen molar-refractivity contribution in [2.45, 2.75) is 44.2 Å². The van der Waals surface area contributed by atoms with Crippen molar-refractivity contribution in [1.29, 1.82) is 0 Å². The van der Waals surface area contributed by atoms with Gasteiger partial charge in [-0.3, -0.25) is 9.69 Å². The molecule has 1 aromatic rings. The first-order valence-corrected chi connectivity index (χ1v) is 8.18. The number of benzene rings is 1. The van der Waals surface area contributed by atoms with E-state index < -0.39 is 0 Å². The van der Waals surface area contributed by atoms with Gasteiger partial charge in [0.15, 0.2) is 0 Å². The molecule has 2 saturated heterocycles. The van der Waals surface area contributed by atoms with Crippen molar-refractivity contribution in [1.82, 2.24) is 4.90 Å². The number of fused-ring (bicyclic) bond motifs is 2. The van der Waals surface area contributed by atoms with Crippen molar-refractivity contribution < 1.29 is 14.3 Å². The third-order valence-corrected chi connectivity index (χ3v) is 5.37. The Balaban J connectivity index is 1.90. The summed E-state index contributed by atoms with van der Waals surface area (Å²) in [7, 11) is 3.82. The minimum Gasteiger partial charge on any atom is -0.497 e. The molecule has 22 heavy (non-hydrogen) atoms. The number of nitrogens with zero attached hydrogens (tertiary/aromatic N) is 1. The Morgan fingerprint density at radius 2 is 2.00 bits per heavy atom. The maximum atomic E-state index is 12.6. The lowest BCUT2D eigenvalue weighted by molar-refractivity contribution is -0.152. The van der Waals surface area contributed by atoms with Crippen molar-refractivity contribution >= 4 is 5.97 Å². The van der Waals surface area contributed by atoms with E-state index in [-0.39, 0.29) is 17.8 Å². The third kappa shape index (κ3) is 2.60. The zero-order valence-corrected chi connectivity index (χ0v) is 13.6. The zero-order valence-electron chi connectivity index (χ0n) is 13.6. The predicted molar refractivity (Wildman–Crippen MR) is 85.0 cm³/mol. The van der Waals surface area contributed by atoms with Gasteiger partial charge in [-0.2, -0.15) is 0 Å². The van der Waals surface area contributed by atoms with E-state index in [1.54, 1.807) is 7.11 Å². The Labute approximate surface area is 132 Å². The Morgan fingerprint density at radius 3 is 2.64 bits per heavy atom. The Hall–Kier alpha value is -1.55. The highest BCUT2D eigenvalue weighted by atomic mass is 16.5. The second-order valence-electron chi connectivity index (χ2n) is 6.36. The first-order valence-electron chi connectivity index (χ1n) is 8.18. The molecule has 120 valence electrons. The molecule has 0 saturated carbocycles. The van der Waals surface area contributed by atoms with Crippen molar-refractivity contribution in [3.05, 3.63) is 29.8 Å². The number of esters is 1. The lowest BCUT2D eigenvalue weighted by Gasteiger charge is -2.41. The molecule has 4 nitrogen and oxygen atoms in total. The van der Waals surface area contributed by atoms with Gasteiger partial charge in [0.1, 0.15) is 5.75 Å². The van der Waals surface area contributed by atoms with Crippen LogP contribution in [0.4, 0.5) is 0 Å². The first kappa shape index (κ1) is 15.3. The minimum absolute atomic E-state index is 0.0412. The summed E-state index contributed by atoms with van der Waals surface area (Å²) < 4.78 is 10.6. The van der Waals surface area contributed by atoms with Crippen LogP contribution >= 0.6 is 0 Å². The Kier molecular flexibility index (Phi) is 4.39. The van der Waals surface area contributed by atoms with E-state index in [2.05, 4.69) is 24.1 Å². The summed E-state index contributed by atoms with van der Waals surface area (Å²) in [5.74, 6) is 1.00. The number of ether oxygens (including phenoxy) is 2. The normalized spacial score (nSPS) is 31.0. The molecule has 2 aliphatic heterocycles. The van der Waals surface area contributed by atoms with Gasteiger partial charge in [0.2, 0.25) is 0 Å². The summed E-state index contributed by atoms with van der Waals surface area (Å²) in [4.78, 5) is 15.0. The van der Waals surface area contributed by atoms with Gasteiger partial charge in [0.25, 0.3) is 0 Å². The molecule has 4 atom stereocenters. The fourth-order valence-electron chi connectivity index (χ4n) is 4.22. The molecule has 2 fully saturated rings. The van der Waals surface area contributed by atoms with Gasteiger partial charge in [-0.05, 0) is 50.9 Å². The summed E-state index contributed by atoms with van der Waals surface area (Å²) in [5.41, 5.74) is 1.23. The molecule has 3 rings (SSSR count). The lowest BCUT2D eigenvalue weighted by atomic mass is 9.76. The summed E-state index contributed by atoms with van der Waals surface area (Å²) in [6.07, 6.45) is 3.31.